The Morgan fingerprint density at radius 1 is 1.35 bits per heavy atom. The SMILES string of the molecule is CC(NS(C)(=O)=O)C(=O)NCc1cn[nH]c1-c1ccc(Cl)cc1. The zero-order valence-electron chi connectivity index (χ0n) is 12.6. The smallest absolute Gasteiger partial charge is 0.238 e. The molecule has 124 valence electrons. The van der Waals surface area contributed by atoms with Crippen LogP contribution in [-0.4, -0.2) is 36.8 Å². The minimum absolute atomic E-state index is 0.225. The molecule has 1 aromatic carbocycles. The first kappa shape index (κ1) is 17.5. The van der Waals surface area contributed by atoms with Gasteiger partial charge < -0.3 is 5.32 Å². The van der Waals surface area contributed by atoms with Gasteiger partial charge in [-0.25, -0.2) is 13.1 Å². The Kier molecular flexibility index (Phi) is 5.40. The molecule has 7 nitrogen and oxygen atoms in total. The van der Waals surface area contributed by atoms with Gasteiger partial charge in [-0.05, 0) is 24.6 Å². The lowest BCUT2D eigenvalue weighted by Crippen LogP contribution is -2.44. The van der Waals surface area contributed by atoms with Gasteiger partial charge in [0.05, 0.1) is 24.2 Å². The molecule has 1 heterocycles. The van der Waals surface area contributed by atoms with E-state index < -0.39 is 22.0 Å². The number of H-pyrrole nitrogens is 1. The van der Waals surface area contributed by atoms with E-state index in [-0.39, 0.29) is 6.54 Å². The van der Waals surface area contributed by atoms with Gasteiger partial charge in [-0.3, -0.25) is 9.89 Å². The predicted octanol–water partition coefficient (Wildman–Crippen LogP) is 1.28. The van der Waals surface area contributed by atoms with Gasteiger partial charge in [0.15, 0.2) is 0 Å². The number of carbonyl (C=O) groups is 1. The van der Waals surface area contributed by atoms with Crippen molar-refractivity contribution < 1.29 is 13.2 Å². The first-order chi connectivity index (χ1) is 10.8. The van der Waals surface area contributed by atoms with Gasteiger partial charge in [-0.15, -0.1) is 0 Å². The number of carbonyl (C=O) groups excluding carboxylic acids is 1. The first-order valence-corrected chi connectivity index (χ1v) is 9.06. The second-order valence-corrected chi connectivity index (χ2v) is 7.32. The van der Waals surface area contributed by atoms with Crippen molar-refractivity contribution >= 4 is 27.5 Å². The summed E-state index contributed by atoms with van der Waals surface area (Å²) in [5, 5.41) is 10.2. The highest BCUT2D eigenvalue weighted by atomic mass is 35.5. The van der Waals surface area contributed by atoms with Crippen molar-refractivity contribution in [2.45, 2.75) is 19.5 Å². The van der Waals surface area contributed by atoms with Crippen LogP contribution in [0.4, 0.5) is 0 Å². The number of nitrogens with zero attached hydrogens (tertiary/aromatic N) is 1. The summed E-state index contributed by atoms with van der Waals surface area (Å²) < 4.78 is 24.5. The standard InChI is InChI=1S/C14H17ClN4O3S/c1-9(19-23(2,21)22)14(20)16-7-11-8-17-18-13(11)10-3-5-12(15)6-4-10/h3-6,8-9,19H,7H2,1-2H3,(H,16,20)(H,17,18). The topological polar surface area (TPSA) is 104 Å². The van der Waals surface area contributed by atoms with E-state index in [0.717, 1.165) is 23.1 Å². The zero-order valence-corrected chi connectivity index (χ0v) is 14.2. The molecule has 23 heavy (non-hydrogen) atoms. The summed E-state index contributed by atoms with van der Waals surface area (Å²) >= 11 is 5.86. The molecule has 9 heteroatoms. The summed E-state index contributed by atoms with van der Waals surface area (Å²) in [7, 11) is -3.44. The fraction of sp³-hybridized carbons (Fsp3) is 0.286. The Morgan fingerprint density at radius 2 is 2.00 bits per heavy atom. The fourth-order valence-corrected chi connectivity index (χ4v) is 2.90. The molecule has 2 rings (SSSR count). The monoisotopic (exact) mass is 356 g/mol. The normalized spacial score (nSPS) is 12.8. The highest BCUT2D eigenvalue weighted by Gasteiger charge is 2.17. The molecule has 0 aliphatic rings. The van der Waals surface area contributed by atoms with Gasteiger partial charge in [0.2, 0.25) is 15.9 Å². The summed E-state index contributed by atoms with van der Waals surface area (Å²) in [4.78, 5) is 11.9. The van der Waals surface area contributed by atoms with E-state index in [0.29, 0.717) is 5.02 Å². The molecule has 1 atom stereocenters. The van der Waals surface area contributed by atoms with Crippen molar-refractivity contribution in [3.63, 3.8) is 0 Å². The van der Waals surface area contributed by atoms with Crippen molar-refractivity contribution in [2.75, 3.05) is 6.26 Å². The number of benzene rings is 1. The number of aromatic amines is 1. The van der Waals surface area contributed by atoms with Crippen LogP contribution in [0.1, 0.15) is 12.5 Å². The van der Waals surface area contributed by atoms with E-state index in [4.69, 9.17) is 11.6 Å². The van der Waals surface area contributed by atoms with Crippen molar-refractivity contribution in [1.29, 1.82) is 0 Å². The Balaban J connectivity index is 2.03. The summed E-state index contributed by atoms with van der Waals surface area (Å²) in [6, 6.07) is 6.36. The van der Waals surface area contributed by atoms with Gasteiger partial charge in [-0.2, -0.15) is 5.10 Å². The molecule has 0 aliphatic carbocycles. The molecule has 0 radical (unpaired) electrons. The minimum Gasteiger partial charge on any atom is -0.351 e. The Labute approximate surface area is 139 Å². The van der Waals surface area contributed by atoms with Crippen LogP contribution in [0, 0.1) is 0 Å². The average Bonchev–Trinajstić information content (AvgIpc) is 2.92. The maximum Gasteiger partial charge on any atom is 0.238 e. The number of amides is 1. The summed E-state index contributed by atoms with van der Waals surface area (Å²) in [6.07, 6.45) is 2.62. The van der Waals surface area contributed by atoms with Crippen LogP contribution < -0.4 is 10.0 Å². The number of hydrogen-bond donors (Lipinski definition) is 3. The van der Waals surface area contributed by atoms with Crippen molar-refractivity contribution in [1.82, 2.24) is 20.2 Å². The van der Waals surface area contributed by atoms with Gasteiger partial charge in [0.1, 0.15) is 0 Å². The summed E-state index contributed by atoms with van der Waals surface area (Å²) in [5.41, 5.74) is 2.44. The van der Waals surface area contributed by atoms with Crippen molar-refractivity contribution in [2.24, 2.45) is 0 Å². The number of hydrogen-bond acceptors (Lipinski definition) is 4. The summed E-state index contributed by atoms with van der Waals surface area (Å²) in [6.45, 7) is 1.70. The highest BCUT2D eigenvalue weighted by molar-refractivity contribution is 7.88. The maximum absolute atomic E-state index is 11.9. The molecule has 1 aromatic heterocycles. The largest absolute Gasteiger partial charge is 0.351 e. The van der Waals surface area contributed by atoms with Gasteiger partial charge >= 0.3 is 0 Å². The van der Waals surface area contributed by atoms with Crippen LogP contribution in [0.2, 0.25) is 5.02 Å². The molecular weight excluding hydrogens is 340 g/mol. The third kappa shape index (κ3) is 5.05. The molecular formula is C14H17ClN4O3S. The van der Waals surface area contributed by atoms with Crippen molar-refractivity contribution in [3.8, 4) is 11.3 Å². The molecule has 0 aliphatic heterocycles. The van der Waals surface area contributed by atoms with Crippen LogP contribution in [0.25, 0.3) is 11.3 Å². The van der Waals surface area contributed by atoms with Crippen molar-refractivity contribution in [3.05, 3.63) is 41.0 Å². The molecule has 0 bridgehead atoms. The van der Waals surface area contributed by atoms with Crippen LogP contribution in [-0.2, 0) is 21.4 Å². The Morgan fingerprint density at radius 3 is 2.61 bits per heavy atom. The number of aromatic nitrogens is 2. The molecule has 1 amide bonds. The average molecular weight is 357 g/mol. The number of sulfonamides is 1. The molecule has 0 saturated heterocycles. The van der Waals surface area contributed by atoms with Gasteiger partial charge in [-0.1, -0.05) is 23.7 Å². The molecule has 3 N–H and O–H groups in total. The minimum atomic E-state index is -3.44. The van der Waals surface area contributed by atoms with Gasteiger partial charge in [0.25, 0.3) is 0 Å². The van der Waals surface area contributed by atoms with E-state index in [2.05, 4.69) is 20.2 Å². The molecule has 0 saturated carbocycles. The predicted molar refractivity (Wildman–Crippen MR) is 88.3 cm³/mol. The zero-order chi connectivity index (χ0) is 17.0. The number of nitrogens with one attached hydrogen (secondary N) is 3. The van der Waals surface area contributed by atoms with Crippen LogP contribution in [0.5, 0.6) is 0 Å². The third-order valence-electron chi connectivity index (χ3n) is 3.09. The lowest BCUT2D eigenvalue weighted by Gasteiger charge is -2.12. The highest BCUT2D eigenvalue weighted by Crippen LogP contribution is 2.22. The van der Waals surface area contributed by atoms with E-state index in [1.54, 1.807) is 18.3 Å². The van der Waals surface area contributed by atoms with E-state index >= 15 is 0 Å². The third-order valence-corrected chi connectivity index (χ3v) is 4.12. The summed E-state index contributed by atoms with van der Waals surface area (Å²) in [5.74, 6) is -0.418. The molecule has 1 unspecified atom stereocenters. The Bertz CT molecular complexity index is 787. The quantitative estimate of drug-likeness (QED) is 0.725. The lowest BCUT2D eigenvalue weighted by molar-refractivity contribution is -0.122. The Hall–Kier alpha value is -1.90. The molecule has 2 aromatic rings. The number of halogens is 1. The van der Waals surface area contributed by atoms with Crippen LogP contribution in [0.15, 0.2) is 30.5 Å². The lowest BCUT2D eigenvalue weighted by atomic mass is 10.1. The van der Waals surface area contributed by atoms with E-state index in [1.165, 1.54) is 6.92 Å². The first-order valence-electron chi connectivity index (χ1n) is 6.79. The molecule has 0 spiro atoms. The van der Waals surface area contributed by atoms with Crippen LogP contribution in [0.3, 0.4) is 0 Å². The second-order valence-electron chi connectivity index (χ2n) is 5.11. The second kappa shape index (κ2) is 7.12. The van der Waals surface area contributed by atoms with E-state index in [9.17, 15) is 13.2 Å². The molecule has 0 fully saturated rings. The van der Waals surface area contributed by atoms with Crippen LogP contribution >= 0.6 is 11.6 Å². The fourth-order valence-electron chi connectivity index (χ4n) is 2.02. The number of rotatable bonds is 6. The maximum atomic E-state index is 11.9. The van der Waals surface area contributed by atoms with E-state index in [1.807, 2.05) is 12.1 Å². The van der Waals surface area contributed by atoms with Gasteiger partial charge in [0, 0.05) is 17.1 Å².